The van der Waals surface area contributed by atoms with Crippen LogP contribution in [0.4, 0.5) is 0 Å². The zero-order valence-corrected chi connectivity index (χ0v) is 24.9. The summed E-state index contributed by atoms with van der Waals surface area (Å²) in [4.78, 5) is 30.1. The molecule has 1 aromatic heterocycles. The molecule has 7 nitrogen and oxygen atoms in total. The summed E-state index contributed by atoms with van der Waals surface area (Å²) in [6.07, 6.45) is 1.72. The zero-order chi connectivity index (χ0) is 25.6. The van der Waals surface area contributed by atoms with E-state index in [1.807, 2.05) is 0 Å². The van der Waals surface area contributed by atoms with Gasteiger partial charge in [-0.3, -0.25) is 19.2 Å². The minimum absolute atomic E-state index is 0.0155. The van der Waals surface area contributed by atoms with Crippen molar-refractivity contribution in [2.75, 3.05) is 6.61 Å². The van der Waals surface area contributed by atoms with Gasteiger partial charge in [0.05, 0.1) is 5.37 Å². The standard InChI is InChI=1S/C23H41N3O4SSi2/c1-16-14-26(20(28)25-19(16)27)18-13-17(30-33(11,12)22(5,6)7)23(24-8,31-18)15-29-32(9,10)21(2,3)4/h14,17-18H,13,15H2,1-7,9-12H3,(H,25,27,28)/t17-,18+,23-/m0/s1. The molecule has 0 bridgehead atoms. The zero-order valence-electron chi connectivity index (χ0n) is 22.1. The lowest BCUT2D eigenvalue weighted by molar-refractivity contribution is 0.118. The Bertz CT molecular complexity index is 1030. The Morgan fingerprint density at radius 3 is 2.18 bits per heavy atom. The number of hydrogen-bond donors (Lipinski definition) is 1. The molecule has 1 aromatic rings. The van der Waals surface area contributed by atoms with Crippen molar-refractivity contribution in [2.24, 2.45) is 0 Å². The first kappa shape index (κ1) is 28.1. The molecule has 33 heavy (non-hydrogen) atoms. The number of hydrogen-bond acceptors (Lipinski definition) is 5. The molecule has 1 aliphatic heterocycles. The van der Waals surface area contributed by atoms with Gasteiger partial charge in [0.25, 0.3) is 5.56 Å². The fourth-order valence-electron chi connectivity index (χ4n) is 3.13. The third-order valence-electron chi connectivity index (χ3n) is 7.59. The van der Waals surface area contributed by atoms with E-state index in [0.717, 1.165) is 0 Å². The number of nitrogens with one attached hydrogen (secondary N) is 1. The molecule has 0 aromatic carbocycles. The van der Waals surface area contributed by atoms with Crippen molar-refractivity contribution in [1.82, 2.24) is 9.55 Å². The van der Waals surface area contributed by atoms with Crippen LogP contribution in [0, 0.1) is 13.5 Å². The van der Waals surface area contributed by atoms with Crippen molar-refractivity contribution < 1.29 is 8.85 Å². The molecule has 0 radical (unpaired) electrons. The maximum atomic E-state index is 12.6. The van der Waals surface area contributed by atoms with E-state index < -0.39 is 27.2 Å². The van der Waals surface area contributed by atoms with Crippen LogP contribution in [-0.4, -0.2) is 43.8 Å². The first-order chi connectivity index (χ1) is 14.8. The first-order valence-electron chi connectivity index (χ1n) is 11.5. The number of nitrogens with zero attached hydrogens (tertiary/aromatic N) is 2. The second-order valence-corrected chi connectivity index (χ2v) is 23.2. The van der Waals surface area contributed by atoms with E-state index in [1.165, 1.54) is 11.8 Å². The van der Waals surface area contributed by atoms with E-state index in [2.05, 4.69) is 77.6 Å². The molecule has 1 N–H and O–H groups in total. The van der Waals surface area contributed by atoms with Crippen LogP contribution in [0.5, 0.6) is 0 Å². The topological polar surface area (TPSA) is 77.7 Å². The van der Waals surface area contributed by atoms with Gasteiger partial charge >= 0.3 is 10.6 Å². The summed E-state index contributed by atoms with van der Waals surface area (Å²) < 4.78 is 14.9. The molecule has 2 heterocycles. The largest absolute Gasteiger partial charge is 0.408 e. The second-order valence-electron chi connectivity index (χ2n) is 12.2. The van der Waals surface area contributed by atoms with Crippen LogP contribution in [0.1, 0.15) is 58.9 Å². The first-order valence-corrected chi connectivity index (χ1v) is 18.2. The average Bonchev–Trinajstić information content (AvgIpc) is 2.99. The highest BCUT2D eigenvalue weighted by atomic mass is 32.2. The molecule has 0 saturated carbocycles. The van der Waals surface area contributed by atoms with E-state index in [1.54, 1.807) is 17.7 Å². The quantitative estimate of drug-likeness (QED) is 0.403. The van der Waals surface area contributed by atoms with Gasteiger partial charge in [-0.05, 0) is 55.0 Å². The minimum Gasteiger partial charge on any atom is -0.408 e. The SMILES string of the molecule is [C-]#[N+][C@@]1(CO[Si](C)(C)C(C)(C)C)S[C@@H](n2cc(C)c(=O)[nH]c2=O)C[C@@H]1O[Si](C)(C)C(C)(C)C. The molecular weight excluding hydrogens is 471 g/mol. The van der Waals surface area contributed by atoms with E-state index in [4.69, 9.17) is 15.4 Å². The maximum Gasteiger partial charge on any atom is 0.329 e. The molecule has 1 saturated heterocycles. The van der Waals surface area contributed by atoms with Gasteiger partial charge in [0.1, 0.15) is 12.7 Å². The van der Waals surface area contributed by atoms with E-state index >= 15 is 0 Å². The van der Waals surface area contributed by atoms with E-state index in [9.17, 15) is 9.59 Å². The number of thioether (sulfide) groups is 1. The normalized spacial score (nSPS) is 24.7. The molecule has 0 spiro atoms. The third-order valence-corrected chi connectivity index (χ3v) is 18.1. The summed E-state index contributed by atoms with van der Waals surface area (Å²) in [5.74, 6) is 0. The van der Waals surface area contributed by atoms with Crippen molar-refractivity contribution in [1.29, 1.82) is 0 Å². The number of aryl methyl sites for hydroxylation is 1. The molecule has 2 rings (SSSR count). The summed E-state index contributed by atoms with van der Waals surface area (Å²) >= 11 is 1.43. The van der Waals surface area contributed by atoms with Crippen molar-refractivity contribution in [2.45, 2.75) is 108 Å². The summed E-state index contributed by atoms with van der Waals surface area (Å²) in [6.45, 7) is 32.0. The van der Waals surface area contributed by atoms with Crippen LogP contribution >= 0.6 is 11.8 Å². The Labute approximate surface area is 204 Å². The molecule has 3 atom stereocenters. The second kappa shape index (κ2) is 9.15. The van der Waals surface area contributed by atoms with Gasteiger partial charge in [0.15, 0.2) is 16.6 Å². The lowest BCUT2D eigenvalue weighted by Crippen LogP contribution is -2.51. The van der Waals surface area contributed by atoms with Crippen LogP contribution in [0.25, 0.3) is 4.85 Å². The van der Waals surface area contributed by atoms with Crippen molar-refractivity contribution in [3.63, 3.8) is 0 Å². The molecule has 0 unspecified atom stereocenters. The number of aromatic amines is 1. The predicted octanol–water partition coefficient (Wildman–Crippen LogP) is 5.51. The van der Waals surface area contributed by atoms with Crippen LogP contribution in [0.15, 0.2) is 15.8 Å². The summed E-state index contributed by atoms with van der Waals surface area (Å²) in [6, 6.07) is 0. The molecule has 0 aliphatic carbocycles. The van der Waals surface area contributed by atoms with Gasteiger partial charge < -0.3 is 8.85 Å². The highest BCUT2D eigenvalue weighted by Crippen LogP contribution is 2.54. The smallest absolute Gasteiger partial charge is 0.329 e. The number of aromatic nitrogens is 2. The molecule has 186 valence electrons. The number of H-pyrrole nitrogens is 1. The molecule has 1 fully saturated rings. The average molecular weight is 512 g/mol. The van der Waals surface area contributed by atoms with Gasteiger partial charge in [0.2, 0.25) is 0 Å². The van der Waals surface area contributed by atoms with Crippen LogP contribution in [0.3, 0.4) is 0 Å². The Morgan fingerprint density at radius 2 is 1.70 bits per heavy atom. The van der Waals surface area contributed by atoms with E-state index in [-0.39, 0.29) is 33.7 Å². The fraction of sp³-hybridized carbons (Fsp3) is 0.783. The highest BCUT2D eigenvalue weighted by Gasteiger charge is 2.60. The monoisotopic (exact) mass is 511 g/mol. The lowest BCUT2D eigenvalue weighted by atomic mass is 10.1. The van der Waals surface area contributed by atoms with Crippen LogP contribution in [0.2, 0.25) is 36.3 Å². The summed E-state index contributed by atoms with van der Waals surface area (Å²) in [7, 11) is -4.30. The molecule has 1 aliphatic rings. The Kier molecular flexibility index (Phi) is 7.80. The summed E-state index contributed by atoms with van der Waals surface area (Å²) in [5.41, 5.74) is -0.374. The maximum absolute atomic E-state index is 12.6. The highest BCUT2D eigenvalue weighted by molar-refractivity contribution is 8.01. The fourth-order valence-corrected chi connectivity index (χ4v) is 7.18. The van der Waals surface area contributed by atoms with Gasteiger partial charge in [0, 0.05) is 18.2 Å². The Balaban J connectivity index is 2.51. The van der Waals surface area contributed by atoms with Crippen molar-refractivity contribution in [3.05, 3.63) is 44.0 Å². The van der Waals surface area contributed by atoms with Gasteiger partial charge in [-0.1, -0.05) is 41.5 Å². The Hall–Kier alpha value is -1.13. The van der Waals surface area contributed by atoms with Crippen LogP contribution < -0.4 is 11.2 Å². The molecule has 0 amide bonds. The third kappa shape index (κ3) is 5.76. The van der Waals surface area contributed by atoms with Crippen LogP contribution in [-0.2, 0) is 8.85 Å². The van der Waals surface area contributed by atoms with E-state index in [0.29, 0.717) is 12.0 Å². The molecular formula is C23H41N3O4SSi2. The molecule has 10 heteroatoms. The van der Waals surface area contributed by atoms with Gasteiger partial charge in [-0.25, -0.2) is 11.4 Å². The van der Waals surface area contributed by atoms with Gasteiger partial charge in [-0.2, -0.15) is 0 Å². The minimum atomic E-state index is -2.20. The van der Waals surface area contributed by atoms with Crippen molar-refractivity contribution >= 4 is 28.4 Å². The van der Waals surface area contributed by atoms with Crippen molar-refractivity contribution in [3.8, 4) is 0 Å². The van der Waals surface area contributed by atoms with Gasteiger partial charge in [-0.15, -0.1) is 0 Å². The Morgan fingerprint density at radius 1 is 1.15 bits per heavy atom. The summed E-state index contributed by atoms with van der Waals surface area (Å²) in [5, 5.41) is -0.323. The lowest BCUT2D eigenvalue weighted by Gasteiger charge is -2.41. The number of rotatable bonds is 6. The predicted molar refractivity (Wildman–Crippen MR) is 142 cm³/mol.